The van der Waals surface area contributed by atoms with E-state index in [1.54, 1.807) is 19.9 Å². The molecule has 1 rings (SSSR count). The maximum Gasteiger partial charge on any atom is 0.269 e. The van der Waals surface area contributed by atoms with E-state index in [0.29, 0.717) is 5.56 Å². The predicted molar refractivity (Wildman–Crippen MR) is 66.4 cm³/mol. The van der Waals surface area contributed by atoms with Gasteiger partial charge in [0.25, 0.3) is 5.91 Å². The minimum Gasteiger partial charge on any atom is -0.273 e. The summed E-state index contributed by atoms with van der Waals surface area (Å²) in [7, 11) is 0. The van der Waals surface area contributed by atoms with Crippen LogP contribution < -0.4 is 10.9 Å². The Balaban J connectivity index is 2.68. The van der Waals surface area contributed by atoms with Crippen molar-refractivity contribution in [3.05, 3.63) is 34.9 Å². The van der Waals surface area contributed by atoms with E-state index in [4.69, 9.17) is 0 Å². The average Bonchev–Trinajstić information content (AvgIpc) is 2.25. The van der Waals surface area contributed by atoms with Crippen molar-refractivity contribution in [2.75, 3.05) is 0 Å². The second-order valence-corrected chi connectivity index (χ2v) is 4.42. The summed E-state index contributed by atoms with van der Waals surface area (Å²) in [4.78, 5) is 23.1. The van der Waals surface area contributed by atoms with Gasteiger partial charge in [0.05, 0.1) is 0 Å². The van der Waals surface area contributed by atoms with Crippen LogP contribution in [-0.2, 0) is 4.79 Å². The van der Waals surface area contributed by atoms with E-state index < -0.39 is 0 Å². The van der Waals surface area contributed by atoms with E-state index in [-0.39, 0.29) is 17.7 Å². The summed E-state index contributed by atoms with van der Waals surface area (Å²) in [6.07, 6.45) is 0. The van der Waals surface area contributed by atoms with Gasteiger partial charge in [-0.3, -0.25) is 20.4 Å². The monoisotopic (exact) mass is 234 g/mol. The molecule has 92 valence electrons. The molecule has 2 N–H and O–H groups in total. The summed E-state index contributed by atoms with van der Waals surface area (Å²) in [6.45, 7) is 7.36. The molecule has 0 saturated carbocycles. The second kappa shape index (κ2) is 5.48. The molecule has 0 spiro atoms. The van der Waals surface area contributed by atoms with E-state index in [0.717, 1.165) is 11.1 Å². The molecular formula is C13H18N2O2. The molecule has 0 aliphatic heterocycles. The topological polar surface area (TPSA) is 58.2 Å². The smallest absolute Gasteiger partial charge is 0.269 e. The van der Waals surface area contributed by atoms with E-state index in [1.165, 1.54) is 0 Å². The zero-order chi connectivity index (χ0) is 13.0. The average molecular weight is 234 g/mol. The van der Waals surface area contributed by atoms with E-state index in [2.05, 4.69) is 10.9 Å². The quantitative estimate of drug-likeness (QED) is 0.765. The molecule has 4 nitrogen and oxygen atoms in total. The molecule has 0 atom stereocenters. The van der Waals surface area contributed by atoms with Crippen molar-refractivity contribution >= 4 is 11.8 Å². The highest BCUT2D eigenvalue weighted by molar-refractivity contribution is 5.96. The molecule has 0 radical (unpaired) electrons. The number of aryl methyl sites for hydroxylation is 2. The van der Waals surface area contributed by atoms with Crippen LogP contribution in [0.5, 0.6) is 0 Å². The van der Waals surface area contributed by atoms with Gasteiger partial charge in [0.1, 0.15) is 0 Å². The van der Waals surface area contributed by atoms with Gasteiger partial charge in [-0.1, -0.05) is 31.5 Å². The minimum absolute atomic E-state index is 0.158. The van der Waals surface area contributed by atoms with Crippen LogP contribution in [0.2, 0.25) is 0 Å². The van der Waals surface area contributed by atoms with E-state index in [1.807, 2.05) is 26.0 Å². The van der Waals surface area contributed by atoms with Gasteiger partial charge in [0.15, 0.2) is 0 Å². The number of hydrogen-bond donors (Lipinski definition) is 2. The van der Waals surface area contributed by atoms with E-state index in [9.17, 15) is 9.59 Å². The van der Waals surface area contributed by atoms with Gasteiger partial charge in [-0.25, -0.2) is 0 Å². The van der Waals surface area contributed by atoms with E-state index >= 15 is 0 Å². The Morgan fingerprint density at radius 2 is 1.76 bits per heavy atom. The molecule has 1 aromatic rings. The number of hydrazine groups is 1. The molecular weight excluding hydrogens is 216 g/mol. The molecule has 0 unspecified atom stereocenters. The van der Waals surface area contributed by atoms with Crippen LogP contribution in [0, 0.1) is 19.8 Å². The Kier molecular flexibility index (Phi) is 4.26. The number of amides is 2. The lowest BCUT2D eigenvalue weighted by atomic mass is 10.1. The van der Waals surface area contributed by atoms with Crippen molar-refractivity contribution in [1.29, 1.82) is 0 Å². The number of benzene rings is 1. The van der Waals surface area contributed by atoms with Gasteiger partial charge in [0, 0.05) is 11.5 Å². The lowest BCUT2D eigenvalue weighted by Gasteiger charge is -2.10. The number of carbonyl (C=O) groups excluding carboxylic acids is 2. The summed E-state index contributed by atoms with van der Waals surface area (Å²) in [5.74, 6) is -0.658. The Bertz CT molecular complexity index is 439. The van der Waals surface area contributed by atoms with Gasteiger partial charge in [0.2, 0.25) is 5.91 Å². The Labute approximate surface area is 101 Å². The lowest BCUT2D eigenvalue weighted by molar-refractivity contribution is -0.124. The van der Waals surface area contributed by atoms with Crippen LogP contribution in [0.4, 0.5) is 0 Å². The van der Waals surface area contributed by atoms with Gasteiger partial charge in [-0.15, -0.1) is 0 Å². The molecule has 0 heterocycles. The predicted octanol–water partition coefficient (Wildman–Crippen LogP) is 1.72. The molecule has 0 saturated heterocycles. The molecule has 1 aromatic carbocycles. The Morgan fingerprint density at radius 1 is 1.12 bits per heavy atom. The molecule has 17 heavy (non-hydrogen) atoms. The van der Waals surface area contributed by atoms with Crippen molar-refractivity contribution in [3.63, 3.8) is 0 Å². The van der Waals surface area contributed by atoms with Crippen molar-refractivity contribution in [2.24, 2.45) is 5.92 Å². The highest BCUT2D eigenvalue weighted by Crippen LogP contribution is 2.09. The zero-order valence-electron chi connectivity index (χ0n) is 10.6. The van der Waals surface area contributed by atoms with Crippen LogP contribution in [0.3, 0.4) is 0 Å². The summed E-state index contributed by atoms with van der Waals surface area (Å²) in [5, 5.41) is 0. The highest BCUT2D eigenvalue weighted by Gasteiger charge is 2.11. The highest BCUT2D eigenvalue weighted by atomic mass is 16.2. The van der Waals surface area contributed by atoms with Crippen molar-refractivity contribution in [2.45, 2.75) is 27.7 Å². The zero-order valence-corrected chi connectivity index (χ0v) is 10.6. The summed E-state index contributed by atoms with van der Waals surface area (Å²) < 4.78 is 0. The fourth-order valence-electron chi connectivity index (χ4n) is 1.40. The SMILES string of the molecule is Cc1ccc(C(=O)NNC(=O)C(C)C)c(C)c1. The van der Waals surface area contributed by atoms with Gasteiger partial charge < -0.3 is 0 Å². The minimum atomic E-state index is -0.295. The van der Waals surface area contributed by atoms with Crippen LogP contribution >= 0.6 is 0 Å². The molecule has 0 fully saturated rings. The molecule has 2 amide bonds. The summed E-state index contributed by atoms with van der Waals surface area (Å²) >= 11 is 0. The largest absolute Gasteiger partial charge is 0.273 e. The first-order valence-electron chi connectivity index (χ1n) is 5.59. The number of hydrogen-bond acceptors (Lipinski definition) is 2. The van der Waals surface area contributed by atoms with Crippen LogP contribution in [0.25, 0.3) is 0 Å². The first-order valence-corrected chi connectivity index (χ1v) is 5.59. The fraction of sp³-hybridized carbons (Fsp3) is 0.385. The third kappa shape index (κ3) is 3.59. The third-order valence-electron chi connectivity index (χ3n) is 2.45. The van der Waals surface area contributed by atoms with Crippen molar-refractivity contribution in [3.8, 4) is 0 Å². The first-order chi connectivity index (χ1) is 7.91. The van der Waals surface area contributed by atoms with Crippen LogP contribution in [0.15, 0.2) is 18.2 Å². The van der Waals surface area contributed by atoms with Crippen molar-refractivity contribution in [1.82, 2.24) is 10.9 Å². The Hall–Kier alpha value is -1.84. The maximum atomic E-state index is 11.8. The standard InChI is InChI=1S/C13H18N2O2/c1-8(2)12(16)14-15-13(17)11-6-5-9(3)7-10(11)4/h5-8H,1-4H3,(H,14,16)(H,15,17). The van der Waals surface area contributed by atoms with Gasteiger partial charge in [-0.2, -0.15) is 0 Å². The Morgan fingerprint density at radius 3 is 2.29 bits per heavy atom. The van der Waals surface area contributed by atoms with Crippen LogP contribution in [0.1, 0.15) is 35.3 Å². The third-order valence-corrected chi connectivity index (χ3v) is 2.45. The van der Waals surface area contributed by atoms with Crippen LogP contribution in [-0.4, -0.2) is 11.8 Å². The summed E-state index contributed by atoms with van der Waals surface area (Å²) in [5.41, 5.74) is 7.35. The first kappa shape index (κ1) is 13.2. The summed E-state index contributed by atoms with van der Waals surface area (Å²) in [6, 6.07) is 5.55. The fourth-order valence-corrected chi connectivity index (χ4v) is 1.40. The normalized spacial score (nSPS) is 10.2. The lowest BCUT2D eigenvalue weighted by Crippen LogP contribution is -2.43. The molecule has 0 aliphatic carbocycles. The van der Waals surface area contributed by atoms with Crippen molar-refractivity contribution < 1.29 is 9.59 Å². The molecule has 4 heteroatoms. The maximum absolute atomic E-state index is 11.8. The van der Waals surface area contributed by atoms with Gasteiger partial charge >= 0.3 is 0 Å². The van der Waals surface area contributed by atoms with Gasteiger partial charge in [-0.05, 0) is 25.5 Å². The number of carbonyl (C=O) groups is 2. The molecule has 0 aromatic heterocycles. The second-order valence-electron chi connectivity index (χ2n) is 4.42. The number of rotatable bonds is 2. The molecule has 0 bridgehead atoms. The number of nitrogens with one attached hydrogen (secondary N) is 2. The molecule has 0 aliphatic rings.